The summed E-state index contributed by atoms with van der Waals surface area (Å²) in [4.78, 5) is 13.4. The molecule has 0 bridgehead atoms. The van der Waals surface area contributed by atoms with Crippen LogP contribution in [0.1, 0.15) is 49.1 Å². The zero-order chi connectivity index (χ0) is 17.6. The molecule has 1 saturated carbocycles. The van der Waals surface area contributed by atoms with Crippen LogP contribution >= 0.6 is 11.3 Å². The Morgan fingerprint density at radius 3 is 2.56 bits per heavy atom. The lowest BCUT2D eigenvalue weighted by Gasteiger charge is -2.27. The third-order valence-electron chi connectivity index (χ3n) is 4.88. The van der Waals surface area contributed by atoms with Gasteiger partial charge in [-0.1, -0.05) is 25.1 Å². The van der Waals surface area contributed by atoms with Gasteiger partial charge in [0.25, 0.3) is 0 Å². The minimum Gasteiger partial charge on any atom is -0.352 e. The van der Waals surface area contributed by atoms with Crippen molar-refractivity contribution in [3.05, 3.63) is 58.0 Å². The second-order valence-electron chi connectivity index (χ2n) is 6.91. The van der Waals surface area contributed by atoms with Crippen LogP contribution in [0.4, 0.5) is 4.39 Å². The minimum absolute atomic E-state index is 0.0308. The Labute approximate surface area is 152 Å². The molecule has 25 heavy (non-hydrogen) atoms. The van der Waals surface area contributed by atoms with Crippen molar-refractivity contribution in [2.45, 2.75) is 44.7 Å². The molecule has 1 aromatic carbocycles. The van der Waals surface area contributed by atoms with E-state index in [9.17, 15) is 9.18 Å². The molecule has 1 unspecified atom stereocenters. The molecule has 1 fully saturated rings. The second-order valence-corrected chi connectivity index (χ2v) is 7.88. The largest absolute Gasteiger partial charge is 0.352 e. The van der Waals surface area contributed by atoms with Gasteiger partial charge in [0.2, 0.25) is 5.91 Å². The smallest absolute Gasteiger partial charge is 0.234 e. The van der Waals surface area contributed by atoms with Gasteiger partial charge in [-0.15, -0.1) is 11.3 Å². The SMILES string of the molecule is CC1CCC(NC(=O)CNC(c2ccc(F)cc2)c2cccs2)CC1. The number of hydrogen-bond acceptors (Lipinski definition) is 3. The van der Waals surface area contributed by atoms with Crippen LogP contribution in [-0.2, 0) is 4.79 Å². The van der Waals surface area contributed by atoms with Crippen LogP contribution in [0.15, 0.2) is 41.8 Å². The summed E-state index contributed by atoms with van der Waals surface area (Å²) in [6.07, 6.45) is 4.51. The van der Waals surface area contributed by atoms with E-state index in [1.807, 2.05) is 17.5 Å². The van der Waals surface area contributed by atoms with Crippen molar-refractivity contribution in [1.29, 1.82) is 0 Å². The van der Waals surface area contributed by atoms with Crippen LogP contribution in [0, 0.1) is 11.7 Å². The molecule has 5 heteroatoms. The van der Waals surface area contributed by atoms with Gasteiger partial charge in [0.15, 0.2) is 0 Å². The third-order valence-corrected chi connectivity index (χ3v) is 5.82. The third kappa shape index (κ3) is 5.13. The lowest BCUT2D eigenvalue weighted by atomic mass is 9.87. The van der Waals surface area contributed by atoms with Gasteiger partial charge in [0.1, 0.15) is 5.82 Å². The quantitative estimate of drug-likeness (QED) is 0.808. The highest BCUT2D eigenvalue weighted by Crippen LogP contribution is 2.26. The van der Waals surface area contributed by atoms with E-state index in [-0.39, 0.29) is 24.3 Å². The maximum Gasteiger partial charge on any atom is 0.234 e. The molecular weight excluding hydrogens is 335 g/mol. The van der Waals surface area contributed by atoms with Crippen molar-refractivity contribution < 1.29 is 9.18 Å². The van der Waals surface area contributed by atoms with E-state index < -0.39 is 0 Å². The number of benzene rings is 1. The lowest BCUT2D eigenvalue weighted by Crippen LogP contribution is -2.42. The molecule has 0 spiro atoms. The summed E-state index contributed by atoms with van der Waals surface area (Å²) in [6, 6.07) is 10.7. The van der Waals surface area contributed by atoms with Crippen molar-refractivity contribution in [3.63, 3.8) is 0 Å². The number of halogens is 1. The number of rotatable bonds is 6. The number of carbonyl (C=O) groups excluding carboxylic acids is 1. The monoisotopic (exact) mass is 360 g/mol. The van der Waals surface area contributed by atoms with Crippen molar-refractivity contribution in [1.82, 2.24) is 10.6 Å². The molecule has 3 nitrogen and oxygen atoms in total. The fourth-order valence-electron chi connectivity index (χ4n) is 3.37. The first-order valence-electron chi connectivity index (χ1n) is 8.93. The first-order chi connectivity index (χ1) is 12.1. The van der Waals surface area contributed by atoms with Crippen molar-refractivity contribution in [3.8, 4) is 0 Å². The van der Waals surface area contributed by atoms with E-state index in [2.05, 4.69) is 17.6 Å². The Kier molecular flexibility index (Phi) is 6.21. The average molecular weight is 360 g/mol. The molecule has 1 aliphatic carbocycles. The Bertz CT molecular complexity index is 664. The second kappa shape index (κ2) is 8.59. The Morgan fingerprint density at radius 1 is 1.20 bits per heavy atom. The molecule has 1 aliphatic rings. The van der Waals surface area contributed by atoms with Crippen LogP contribution < -0.4 is 10.6 Å². The molecule has 1 atom stereocenters. The maximum absolute atomic E-state index is 13.2. The number of hydrogen-bond donors (Lipinski definition) is 2. The molecule has 1 aromatic heterocycles. The van der Waals surface area contributed by atoms with Crippen LogP contribution in [0.5, 0.6) is 0 Å². The lowest BCUT2D eigenvalue weighted by molar-refractivity contribution is -0.121. The molecule has 1 heterocycles. The van der Waals surface area contributed by atoms with E-state index >= 15 is 0 Å². The molecule has 0 aliphatic heterocycles. The number of carbonyl (C=O) groups is 1. The van der Waals surface area contributed by atoms with Gasteiger partial charge >= 0.3 is 0 Å². The summed E-state index contributed by atoms with van der Waals surface area (Å²) >= 11 is 1.63. The standard InChI is InChI=1S/C20H25FN2OS/c1-14-4-10-17(11-5-14)23-19(24)13-22-20(18-3-2-12-25-18)15-6-8-16(21)9-7-15/h2-3,6-9,12,14,17,20,22H,4-5,10-11,13H2,1H3,(H,23,24). The summed E-state index contributed by atoms with van der Waals surface area (Å²) in [5.74, 6) is 0.550. The Morgan fingerprint density at radius 2 is 1.92 bits per heavy atom. The van der Waals surface area contributed by atoms with E-state index in [1.54, 1.807) is 23.5 Å². The average Bonchev–Trinajstić information content (AvgIpc) is 3.13. The van der Waals surface area contributed by atoms with Gasteiger partial charge in [-0.2, -0.15) is 0 Å². The zero-order valence-corrected chi connectivity index (χ0v) is 15.3. The van der Waals surface area contributed by atoms with E-state index in [4.69, 9.17) is 0 Å². The highest BCUT2D eigenvalue weighted by atomic mass is 32.1. The molecule has 0 saturated heterocycles. The first kappa shape index (κ1) is 18.1. The molecule has 2 N–H and O–H groups in total. The van der Waals surface area contributed by atoms with Gasteiger partial charge in [-0.3, -0.25) is 10.1 Å². The van der Waals surface area contributed by atoms with Crippen LogP contribution in [-0.4, -0.2) is 18.5 Å². The fraction of sp³-hybridized carbons (Fsp3) is 0.450. The van der Waals surface area contributed by atoms with Crippen molar-refractivity contribution in [2.24, 2.45) is 5.92 Å². The molecular formula is C20H25FN2OS. The summed E-state index contributed by atoms with van der Waals surface area (Å²) in [7, 11) is 0. The Balaban J connectivity index is 1.59. The van der Waals surface area contributed by atoms with Crippen LogP contribution in [0.2, 0.25) is 0 Å². The predicted molar refractivity (Wildman–Crippen MR) is 100 cm³/mol. The summed E-state index contributed by atoms with van der Waals surface area (Å²) in [5.41, 5.74) is 0.961. The number of amides is 1. The number of thiophene rings is 1. The van der Waals surface area contributed by atoms with Gasteiger partial charge in [0.05, 0.1) is 12.6 Å². The molecule has 3 rings (SSSR count). The molecule has 134 valence electrons. The normalized spacial score (nSPS) is 21.7. The van der Waals surface area contributed by atoms with Gasteiger partial charge < -0.3 is 5.32 Å². The highest BCUT2D eigenvalue weighted by molar-refractivity contribution is 7.10. The van der Waals surface area contributed by atoms with Gasteiger partial charge in [-0.05, 0) is 60.7 Å². The van der Waals surface area contributed by atoms with Gasteiger partial charge in [0, 0.05) is 10.9 Å². The Hall–Kier alpha value is -1.72. The van der Waals surface area contributed by atoms with Crippen molar-refractivity contribution in [2.75, 3.05) is 6.54 Å². The first-order valence-corrected chi connectivity index (χ1v) is 9.81. The maximum atomic E-state index is 13.2. The molecule has 2 aromatic rings. The van der Waals surface area contributed by atoms with Crippen LogP contribution in [0.25, 0.3) is 0 Å². The summed E-state index contributed by atoms with van der Waals surface area (Å²) in [5, 5.41) is 8.49. The van der Waals surface area contributed by atoms with E-state index in [0.717, 1.165) is 29.2 Å². The number of nitrogens with one attached hydrogen (secondary N) is 2. The summed E-state index contributed by atoms with van der Waals surface area (Å²) in [6.45, 7) is 2.53. The van der Waals surface area contributed by atoms with Crippen molar-refractivity contribution >= 4 is 17.2 Å². The van der Waals surface area contributed by atoms with Gasteiger partial charge in [-0.25, -0.2) is 4.39 Å². The fourth-order valence-corrected chi connectivity index (χ4v) is 4.20. The van der Waals surface area contributed by atoms with E-state index in [1.165, 1.54) is 25.0 Å². The minimum atomic E-state index is -0.252. The topological polar surface area (TPSA) is 41.1 Å². The molecule has 0 radical (unpaired) electrons. The van der Waals surface area contributed by atoms with E-state index in [0.29, 0.717) is 6.04 Å². The molecule has 1 amide bonds. The highest BCUT2D eigenvalue weighted by Gasteiger charge is 2.21. The summed E-state index contributed by atoms with van der Waals surface area (Å²) < 4.78 is 13.2. The predicted octanol–water partition coefficient (Wildman–Crippen LogP) is 4.26. The zero-order valence-electron chi connectivity index (χ0n) is 14.5. The van der Waals surface area contributed by atoms with Crippen LogP contribution in [0.3, 0.4) is 0 Å².